The van der Waals surface area contributed by atoms with E-state index in [9.17, 15) is 4.79 Å². The van der Waals surface area contributed by atoms with Crippen molar-refractivity contribution in [3.63, 3.8) is 0 Å². The quantitative estimate of drug-likeness (QED) is 0.782. The first-order chi connectivity index (χ1) is 12.1. The maximum absolute atomic E-state index is 12.9. The number of amides is 1. The molecule has 0 fully saturated rings. The van der Waals surface area contributed by atoms with E-state index >= 15 is 0 Å². The molecule has 0 aliphatic carbocycles. The molecule has 0 aromatic heterocycles. The largest absolute Gasteiger partial charge is 0.489 e. The van der Waals surface area contributed by atoms with Crippen LogP contribution in [-0.2, 0) is 11.3 Å². The van der Waals surface area contributed by atoms with E-state index in [4.69, 9.17) is 10.5 Å². The van der Waals surface area contributed by atoms with E-state index in [-0.39, 0.29) is 12.5 Å². The lowest BCUT2D eigenvalue weighted by atomic mass is 9.99. The number of anilines is 1. The summed E-state index contributed by atoms with van der Waals surface area (Å²) in [6.45, 7) is 2.74. The summed E-state index contributed by atoms with van der Waals surface area (Å²) in [5.41, 5.74) is 9.10. The van der Waals surface area contributed by atoms with Crippen LogP contribution in [0.15, 0.2) is 60.7 Å². The van der Waals surface area contributed by atoms with Gasteiger partial charge in [0.1, 0.15) is 18.4 Å². The summed E-state index contributed by atoms with van der Waals surface area (Å²) < 4.78 is 5.73. The molecule has 1 atom stereocenters. The average Bonchev–Trinajstić information content (AvgIpc) is 2.76. The molecule has 4 nitrogen and oxygen atoms in total. The summed E-state index contributed by atoms with van der Waals surface area (Å²) in [7, 11) is 0. The Morgan fingerprint density at radius 2 is 1.84 bits per heavy atom. The number of hydrogen-bond donors (Lipinski definition) is 1. The van der Waals surface area contributed by atoms with Gasteiger partial charge in [-0.2, -0.15) is 0 Å². The van der Waals surface area contributed by atoms with Crippen LogP contribution in [-0.4, -0.2) is 18.6 Å². The van der Waals surface area contributed by atoms with Gasteiger partial charge in [0.25, 0.3) is 0 Å². The van der Waals surface area contributed by atoms with Crippen LogP contribution >= 0.6 is 0 Å². The highest BCUT2D eigenvalue weighted by Gasteiger charge is 2.29. The number of rotatable bonds is 2. The van der Waals surface area contributed by atoms with E-state index < -0.39 is 6.04 Å². The van der Waals surface area contributed by atoms with Gasteiger partial charge < -0.3 is 15.4 Å². The normalized spacial score (nSPS) is 17.1. The Morgan fingerprint density at radius 3 is 2.72 bits per heavy atom. The minimum absolute atomic E-state index is 0.114. The van der Waals surface area contributed by atoms with Crippen LogP contribution in [0.25, 0.3) is 10.8 Å². The Kier molecular flexibility index (Phi) is 3.90. The molecule has 1 heterocycles. The molecule has 0 spiro atoms. The molecule has 3 aromatic rings. The van der Waals surface area contributed by atoms with Gasteiger partial charge in [-0.1, -0.05) is 48.5 Å². The van der Waals surface area contributed by atoms with Crippen molar-refractivity contribution in [3.8, 4) is 5.75 Å². The zero-order valence-electron chi connectivity index (χ0n) is 14.1. The van der Waals surface area contributed by atoms with Gasteiger partial charge in [-0.15, -0.1) is 0 Å². The number of aryl methyl sites for hydroxylation is 1. The van der Waals surface area contributed by atoms with Crippen molar-refractivity contribution in [2.24, 2.45) is 5.73 Å². The Morgan fingerprint density at radius 1 is 1.08 bits per heavy atom. The molecule has 4 rings (SSSR count). The standard InChI is InChI=1S/C21H20N2O2/c1-14-10-11-15-6-2-3-7-16(15)17(14)12-23-19-8-4-5-9-20(19)25-13-18(22)21(23)24/h2-11,18H,12-13,22H2,1H3/t18-/m0/s1. The molecule has 3 aromatic carbocycles. The number of ether oxygens (including phenoxy) is 1. The number of fused-ring (bicyclic) bond motifs is 2. The summed E-state index contributed by atoms with van der Waals surface area (Å²) in [6, 6.07) is 19.4. The third-order valence-corrected chi connectivity index (χ3v) is 4.75. The van der Waals surface area contributed by atoms with Crippen molar-refractivity contribution in [2.75, 3.05) is 11.5 Å². The molecule has 2 N–H and O–H groups in total. The summed E-state index contributed by atoms with van der Waals surface area (Å²) >= 11 is 0. The van der Waals surface area contributed by atoms with Gasteiger partial charge in [-0.3, -0.25) is 4.79 Å². The van der Waals surface area contributed by atoms with Crippen molar-refractivity contribution in [2.45, 2.75) is 19.5 Å². The molecule has 0 bridgehead atoms. The topological polar surface area (TPSA) is 55.6 Å². The molecular weight excluding hydrogens is 312 g/mol. The van der Waals surface area contributed by atoms with Crippen molar-refractivity contribution in [1.29, 1.82) is 0 Å². The second-order valence-electron chi connectivity index (χ2n) is 6.39. The van der Waals surface area contributed by atoms with Crippen LogP contribution < -0.4 is 15.4 Å². The van der Waals surface area contributed by atoms with Gasteiger partial charge in [-0.25, -0.2) is 0 Å². The smallest absolute Gasteiger partial charge is 0.247 e. The summed E-state index contributed by atoms with van der Waals surface area (Å²) in [4.78, 5) is 14.6. The minimum atomic E-state index is -0.664. The maximum atomic E-state index is 12.9. The van der Waals surface area contributed by atoms with E-state index in [0.29, 0.717) is 12.3 Å². The molecule has 126 valence electrons. The molecule has 1 aliphatic rings. The van der Waals surface area contributed by atoms with Gasteiger partial charge in [0.15, 0.2) is 0 Å². The lowest BCUT2D eigenvalue weighted by Crippen LogP contribution is -2.45. The highest BCUT2D eigenvalue weighted by molar-refractivity contribution is 6.00. The Hall–Kier alpha value is -2.85. The fourth-order valence-electron chi connectivity index (χ4n) is 3.35. The highest BCUT2D eigenvalue weighted by Crippen LogP contribution is 2.33. The van der Waals surface area contributed by atoms with Crippen LogP contribution in [0.1, 0.15) is 11.1 Å². The third-order valence-electron chi connectivity index (χ3n) is 4.75. The first-order valence-electron chi connectivity index (χ1n) is 8.41. The first kappa shape index (κ1) is 15.7. The Balaban J connectivity index is 1.84. The molecule has 0 unspecified atom stereocenters. The number of carbonyl (C=O) groups is 1. The van der Waals surface area contributed by atoms with Crippen LogP contribution in [0, 0.1) is 6.92 Å². The number of carbonyl (C=O) groups excluding carboxylic acids is 1. The highest BCUT2D eigenvalue weighted by atomic mass is 16.5. The van der Waals surface area contributed by atoms with E-state index in [2.05, 4.69) is 31.2 Å². The molecule has 25 heavy (non-hydrogen) atoms. The van der Waals surface area contributed by atoms with E-state index in [0.717, 1.165) is 22.2 Å². The Bertz CT molecular complexity index is 952. The fraction of sp³-hybridized carbons (Fsp3) is 0.190. The number of nitrogens with two attached hydrogens (primary N) is 1. The van der Waals surface area contributed by atoms with Crippen LogP contribution in [0.4, 0.5) is 5.69 Å². The summed E-state index contributed by atoms with van der Waals surface area (Å²) in [6.07, 6.45) is 0. The second-order valence-corrected chi connectivity index (χ2v) is 6.39. The molecule has 0 saturated carbocycles. The van der Waals surface area contributed by atoms with E-state index in [1.54, 1.807) is 4.90 Å². The van der Waals surface area contributed by atoms with Crippen LogP contribution in [0.5, 0.6) is 5.75 Å². The molecular formula is C21H20N2O2. The van der Waals surface area contributed by atoms with Gasteiger partial charge in [0, 0.05) is 0 Å². The summed E-state index contributed by atoms with van der Waals surface area (Å²) in [5, 5.41) is 2.32. The van der Waals surface area contributed by atoms with E-state index in [1.165, 1.54) is 5.39 Å². The average molecular weight is 332 g/mol. The van der Waals surface area contributed by atoms with Gasteiger partial charge >= 0.3 is 0 Å². The third kappa shape index (κ3) is 2.75. The van der Waals surface area contributed by atoms with E-state index in [1.807, 2.05) is 36.4 Å². The number of hydrogen-bond acceptors (Lipinski definition) is 3. The SMILES string of the molecule is Cc1ccc2ccccc2c1CN1C(=O)[C@@H](N)COc2ccccc21. The predicted octanol–water partition coefficient (Wildman–Crippen LogP) is 3.40. The summed E-state index contributed by atoms with van der Waals surface area (Å²) in [5.74, 6) is 0.582. The minimum Gasteiger partial charge on any atom is -0.489 e. The lowest BCUT2D eigenvalue weighted by Gasteiger charge is -2.25. The molecule has 1 aliphatic heterocycles. The fourth-order valence-corrected chi connectivity index (χ4v) is 3.35. The maximum Gasteiger partial charge on any atom is 0.247 e. The number of nitrogens with zero attached hydrogens (tertiary/aromatic N) is 1. The monoisotopic (exact) mass is 332 g/mol. The Labute approximate surface area is 146 Å². The predicted molar refractivity (Wildman–Crippen MR) is 99.8 cm³/mol. The zero-order valence-corrected chi connectivity index (χ0v) is 14.1. The molecule has 4 heteroatoms. The van der Waals surface area contributed by atoms with Gasteiger partial charge in [-0.05, 0) is 41.0 Å². The lowest BCUT2D eigenvalue weighted by molar-refractivity contribution is -0.120. The van der Waals surface area contributed by atoms with Crippen molar-refractivity contribution >= 4 is 22.4 Å². The number of para-hydroxylation sites is 2. The number of benzene rings is 3. The molecule has 1 amide bonds. The van der Waals surface area contributed by atoms with Crippen molar-refractivity contribution in [3.05, 3.63) is 71.8 Å². The first-order valence-corrected chi connectivity index (χ1v) is 8.41. The van der Waals surface area contributed by atoms with Crippen molar-refractivity contribution in [1.82, 2.24) is 0 Å². The van der Waals surface area contributed by atoms with Gasteiger partial charge in [0.05, 0.1) is 12.2 Å². The van der Waals surface area contributed by atoms with Crippen LogP contribution in [0.3, 0.4) is 0 Å². The molecule has 0 radical (unpaired) electrons. The second kappa shape index (κ2) is 6.22. The van der Waals surface area contributed by atoms with Gasteiger partial charge in [0.2, 0.25) is 5.91 Å². The van der Waals surface area contributed by atoms with Crippen LogP contribution in [0.2, 0.25) is 0 Å². The zero-order chi connectivity index (χ0) is 17.4. The molecule has 0 saturated heterocycles. The van der Waals surface area contributed by atoms with Crippen molar-refractivity contribution < 1.29 is 9.53 Å².